The SMILES string of the molecule is CCCNc1cc(C)ncc1C(=O)N1CCOC(C)C1. The number of anilines is 1. The number of carbonyl (C=O) groups is 1. The number of nitrogens with zero attached hydrogens (tertiary/aromatic N) is 2. The maximum atomic E-state index is 12.6. The summed E-state index contributed by atoms with van der Waals surface area (Å²) in [6.45, 7) is 8.76. The molecule has 1 amide bonds. The van der Waals surface area contributed by atoms with Crippen molar-refractivity contribution in [2.24, 2.45) is 0 Å². The van der Waals surface area contributed by atoms with Crippen LogP contribution in [0.2, 0.25) is 0 Å². The quantitative estimate of drug-likeness (QED) is 0.915. The van der Waals surface area contributed by atoms with E-state index in [1.165, 1.54) is 0 Å². The van der Waals surface area contributed by atoms with Crippen LogP contribution in [0.4, 0.5) is 5.69 Å². The Morgan fingerprint density at radius 3 is 3.10 bits per heavy atom. The molecule has 2 heterocycles. The molecule has 1 atom stereocenters. The summed E-state index contributed by atoms with van der Waals surface area (Å²) in [6.07, 6.45) is 2.79. The fourth-order valence-corrected chi connectivity index (χ4v) is 2.31. The van der Waals surface area contributed by atoms with Crippen LogP contribution in [-0.4, -0.2) is 48.1 Å². The third-order valence-electron chi connectivity index (χ3n) is 3.36. The molecule has 2 rings (SSSR count). The number of ether oxygens (including phenoxy) is 1. The Kier molecular flexibility index (Phi) is 4.95. The van der Waals surface area contributed by atoms with Crippen molar-refractivity contribution in [3.8, 4) is 0 Å². The van der Waals surface area contributed by atoms with Gasteiger partial charge in [-0.15, -0.1) is 0 Å². The average Bonchev–Trinajstić information content (AvgIpc) is 2.44. The number of pyridine rings is 1. The Hall–Kier alpha value is -1.62. The number of hydrogen-bond acceptors (Lipinski definition) is 4. The van der Waals surface area contributed by atoms with Crippen LogP contribution in [0.15, 0.2) is 12.3 Å². The summed E-state index contributed by atoms with van der Waals surface area (Å²) in [6, 6.07) is 1.94. The van der Waals surface area contributed by atoms with Crippen molar-refractivity contribution in [1.82, 2.24) is 9.88 Å². The highest BCUT2D eigenvalue weighted by Gasteiger charge is 2.24. The van der Waals surface area contributed by atoms with Gasteiger partial charge in [0.15, 0.2) is 0 Å². The molecule has 110 valence electrons. The molecule has 0 aromatic carbocycles. The van der Waals surface area contributed by atoms with E-state index in [4.69, 9.17) is 4.74 Å². The maximum absolute atomic E-state index is 12.6. The van der Waals surface area contributed by atoms with E-state index in [1.807, 2.05) is 24.8 Å². The summed E-state index contributed by atoms with van der Waals surface area (Å²) in [7, 11) is 0. The van der Waals surface area contributed by atoms with Crippen LogP contribution in [0.25, 0.3) is 0 Å². The highest BCUT2D eigenvalue weighted by Crippen LogP contribution is 2.19. The van der Waals surface area contributed by atoms with Gasteiger partial charge in [0.1, 0.15) is 0 Å². The molecule has 1 aromatic rings. The first-order chi connectivity index (χ1) is 9.61. The van der Waals surface area contributed by atoms with Crippen LogP contribution >= 0.6 is 0 Å². The summed E-state index contributed by atoms with van der Waals surface area (Å²) in [5, 5.41) is 3.32. The molecule has 1 aliphatic rings. The zero-order valence-electron chi connectivity index (χ0n) is 12.5. The molecule has 5 heteroatoms. The lowest BCUT2D eigenvalue weighted by Crippen LogP contribution is -2.44. The van der Waals surface area contributed by atoms with Crippen molar-refractivity contribution in [2.75, 3.05) is 31.6 Å². The molecule has 1 aromatic heterocycles. The van der Waals surface area contributed by atoms with Gasteiger partial charge in [0, 0.05) is 31.5 Å². The van der Waals surface area contributed by atoms with Crippen LogP contribution in [0, 0.1) is 6.92 Å². The van der Waals surface area contributed by atoms with Gasteiger partial charge in [-0.05, 0) is 26.3 Å². The van der Waals surface area contributed by atoms with Crippen LogP contribution in [0.3, 0.4) is 0 Å². The Bertz CT molecular complexity index is 476. The molecule has 5 nitrogen and oxygen atoms in total. The second-order valence-corrected chi connectivity index (χ2v) is 5.23. The molecule has 0 radical (unpaired) electrons. The topological polar surface area (TPSA) is 54.5 Å². The van der Waals surface area contributed by atoms with E-state index in [0.29, 0.717) is 25.3 Å². The van der Waals surface area contributed by atoms with Crippen molar-refractivity contribution in [1.29, 1.82) is 0 Å². The van der Waals surface area contributed by atoms with Gasteiger partial charge in [-0.25, -0.2) is 0 Å². The van der Waals surface area contributed by atoms with Crippen LogP contribution in [0.5, 0.6) is 0 Å². The number of rotatable bonds is 4. The van der Waals surface area contributed by atoms with Gasteiger partial charge in [-0.2, -0.15) is 0 Å². The van der Waals surface area contributed by atoms with Crippen molar-refractivity contribution in [3.63, 3.8) is 0 Å². The summed E-state index contributed by atoms with van der Waals surface area (Å²) < 4.78 is 5.48. The number of aryl methyl sites for hydroxylation is 1. The molecular weight excluding hydrogens is 254 g/mol. The predicted octanol–water partition coefficient (Wildman–Crippen LogP) is 2.07. The summed E-state index contributed by atoms with van der Waals surface area (Å²) >= 11 is 0. The molecule has 1 fully saturated rings. The number of aromatic nitrogens is 1. The molecule has 0 aliphatic carbocycles. The Balaban J connectivity index is 2.19. The van der Waals surface area contributed by atoms with Crippen LogP contribution in [0.1, 0.15) is 36.3 Å². The van der Waals surface area contributed by atoms with Gasteiger partial charge in [0.2, 0.25) is 0 Å². The van der Waals surface area contributed by atoms with Gasteiger partial charge in [-0.3, -0.25) is 9.78 Å². The lowest BCUT2D eigenvalue weighted by Gasteiger charge is -2.31. The smallest absolute Gasteiger partial charge is 0.257 e. The van der Waals surface area contributed by atoms with Gasteiger partial charge >= 0.3 is 0 Å². The van der Waals surface area contributed by atoms with Gasteiger partial charge < -0.3 is 15.0 Å². The van der Waals surface area contributed by atoms with E-state index in [0.717, 1.165) is 24.3 Å². The minimum absolute atomic E-state index is 0.0336. The zero-order chi connectivity index (χ0) is 14.5. The monoisotopic (exact) mass is 277 g/mol. The zero-order valence-corrected chi connectivity index (χ0v) is 12.5. The van der Waals surface area contributed by atoms with Crippen molar-refractivity contribution < 1.29 is 9.53 Å². The summed E-state index contributed by atoms with van der Waals surface area (Å²) in [5.74, 6) is 0.0336. The minimum Gasteiger partial charge on any atom is -0.384 e. The lowest BCUT2D eigenvalue weighted by molar-refractivity contribution is -0.0124. The number of carbonyl (C=O) groups excluding carboxylic acids is 1. The van der Waals surface area contributed by atoms with E-state index < -0.39 is 0 Å². The highest BCUT2D eigenvalue weighted by atomic mass is 16.5. The van der Waals surface area contributed by atoms with E-state index in [9.17, 15) is 4.79 Å². The van der Waals surface area contributed by atoms with Gasteiger partial charge in [-0.1, -0.05) is 6.92 Å². The van der Waals surface area contributed by atoms with E-state index in [-0.39, 0.29) is 12.0 Å². The molecule has 20 heavy (non-hydrogen) atoms. The van der Waals surface area contributed by atoms with Crippen molar-refractivity contribution in [3.05, 3.63) is 23.5 Å². The first kappa shape index (κ1) is 14.8. The minimum atomic E-state index is 0.0336. The number of morpholine rings is 1. The number of hydrogen-bond donors (Lipinski definition) is 1. The van der Waals surface area contributed by atoms with E-state index >= 15 is 0 Å². The summed E-state index contributed by atoms with van der Waals surface area (Å²) in [4.78, 5) is 18.7. The molecule has 1 N–H and O–H groups in total. The predicted molar refractivity (Wildman–Crippen MR) is 79.1 cm³/mol. The number of nitrogens with one attached hydrogen (secondary N) is 1. The molecule has 1 saturated heterocycles. The van der Waals surface area contributed by atoms with E-state index in [2.05, 4.69) is 17.2 Å². The van der Waals surface area contributed by atoms with Crippen molar-refractivity contribution in [2.45, 2.75) is 33.3 Å². The fraction of sp³-hybridized carbons (Fsp3) is 0.600. The lowest BCUT2D eigenvalue weighted by atomic mass is 10.1. The maximum Gasteiger partial charge on any atom is 0.257 e. The Morgan fingerprint density at radius 1 is 1.60 bits per heavy atom. The highest BCUT2D eigenvalue weighted by molar-refractivity contribution is 5.99. The fourth-order valence-electron chi connectivity index (χ4n) is 2.31. The van der Waals surface area contributed by atoms with Crippen LogP contribution < -0.4 is 5.32 Å². The van der Waals surface area contributed by atoms with Crippen LogP contribution in [-0.2, 0) is 4.74 Å². The Morgan fingerprint density at radius 2 is 2.40 bits per heavy atom. The third kappa shape index (κ3) is 3.48. The first-order valence-electron chi connectivity index (χ1n) is 7.23. The molecular formula is C15H23N3O2. The number of amides is 1. The van der Waals surface area contributed by atoms with Gasteiger partial charge in [0.25, 0.3) is 5.91 Å². The largest absolute Gasteiger partial charge is 0.384 e. The molecule has 1 unspecified atom stereocenters. The van der Waals surface area contributed by atoms with Gasteiger partial charge in [0.05, 0.1) is 24.0 Å². The summed E-state index contributed by atoms with van der Waals surface area (Å²) in [5.41, 5.74) is 2.44. The Labute approximate surface area is 120 Å². The molecule has 1 aliphatic heterocycles. The second kappa shape index (κ2) is 6.70. The average molecular weight is 277 g/mol. The second-order valence-electron chi connectivity index (χ2n) is 5.23. The van der Waals surface area contributed by atoms with Crippen molar-refractivity contribution >= 4 is 11.6 Å². The molecule has 0 saturated carbocycles. The normalized spacial score (nSPS) is 18.9. The third-order valence-corrected chi connectivity index (χ3v) is 3.36. The molecule has 0 bridgehead atoms. The first-order valence-corrected chi connectivity index (χ1v) is 7.23. The standard InChI is InChI=1S/C15H23N3O2/c1-4-5-16-14-8-11(2)17-9-13(14)15(19)18-6-7-20-12(3)10-18/h8-9,12H,4-7,10H2,1-3H3,(H,16,17). The van der Waals surface area contributed by atoms with E-state index in [1.54, 1.807) is 6.20 Å². The molecule has 0 spiro atoms.